The van der Waals surface area contributed by atoms with Gasteiger partial charge in [-0.3, -0.25) is 14.5 Å². The number of aromatic nitrogens is 2. The maximum atomic E-state index is 13.7. The number of benzene rings is 1. The van der Waals surface area contributed by atoms with Crippen molar-refractivity contribution in [2.45, 2.75) is 38.9 Å². The highest BCUT2D eigenvalue weighted by atomic mass is 35.5. The van der Waals surface area contributed by atoms with Crippen molar-refractivity contribution < 1.29 is 23.9 Å². The van der Waals surface area contributed by atoms with Crippen molar-refractivity contribution in [1.29, 1.82) is 0 Å². The molecule has 10 nitrogen and oxygen atoms in total. The summed E-state index contributed by atoms with van der Waals surface area (Å²) in [4.78, 5) is 49.2. The van der Waals surface area contributed by atoms with Gasteiger partial charge in [0, 0.05) is 25.3 Å². The number of aliphatic carboxylic acids is 1. The zero-order valence-corrected chi connectivity index (χ0v) is 25.1. The summed E-state index contributed by atoms with van der Waals surface area (Å²) in [6.07, 6.45) is 1.17. The van der Waals surface area contributed by atoms with Gasteiger partial charge in [-0.15, -0.1) is 0 Å². The Kier molecular flexibility index (Phi) is 9.31. The van der Waals surface area contributed by atoms with Gasteiger partial charge in [0.2, 0.25) is 0 Å². The van der Waals surface area contributed by atoms with Crippen molar-refractivity contribution in [1.82, 2.24) is 14.9 Å². The van der Waals surface area contributed by atoms with Gasteiger partial charge in [-0.05, 0) is 36.3 Å². The highest BCUT2D eigenvalue weighted by Crippen LogP contribution is 2.37. The molecule has 206 valence electrons. The van der Waals surface area contributed by atoms with Gasteiger partial charge in [-0.25, -0.2) is 14.8 Å². The predicted octanol–water partition coefficient (Wildman–Crippen LogP) is 5.43. The van der Waals surface area contributed by atoms with E-state index in [4.69, 9.17) is 44.3 Å². The molecule has 14 heteroatoms. The van der Waals surface area contributed by atoms with E-state index in [0.717, 1.165) is 0 Å². The van der Waals surface area contributed by atoms with Crippen LogP contribution in [-0.4, -0.2) is 79.0 Å². The molecule has 0 radical (unpaired) electrons. The number of amides is 3. The number of urea groups is 1. The monoisotopic (exact) mass is 601 g/mol. The fraction of sp³-hybridized carbons (Fsp3) is 0.458. The molecule has 1 aliphatic rings. The fourth-order valence-corrected chi connectivity index (χ4v) is 5.40. The van der Waals surface area contributed by atoms with E-state index in [1.165, 1.54) is 21.0 Å². The van der Waals surface area contributed by atoms with Gasteiger partial charge in [-0.2, -0.15) is 0 Å². The molecular formula is C24H30Cl3N5O5Si. The van der Waals surface area contributed by atoms with E-state index < -0.39 is 32.8 Å². The first kappa shape index (κ1) is 30.1. The molecule has 2 aromatic rings. The Balaban J connectivity index is 1.92. The molecule has 1 aliphatic heterocycles. The summed E-state index contributed by atoms with van der Waals surface area (Å²) in [5, 5.41) is 9.04. The molecule has 3 rings (SSSR count). The summed E-state index contributed by atoms with van der Waals surface area (Å²) in [7, 11) is -2.10. The van der Waals surface area contributed by atoms with Crippen LogP contribution in [0.4, 0.5) is 16.2 Å². The van der Waals surface area contributed by atoms with Crippen LogP contribution in [0, 0.1) is 0 Å². The normalized spacial score (nSPS) is 14.3. The number of carbonyl (C=O) groups excluding carboxylic acids is 2. The van der Waals surface area contributed by atoms with Crippen molar-refractivity contribution in [2.24, 2.45) is 0 Å². The van der Waals surface area contributed by atoms with Gasteiger partial charge in [-0.1, -0.05) is 55.6 Å². The highest BCUT2D eigenvalue weighted by molar-refractivity contribution is 6.74. The second-order valence-corrected chi connectivity index (χ2v) is 16.2. The molecule has 1 fully saturated rings. The SMILES string of the molecule is CC(C)(C)[Si](C)(C)OCCN(C(=O)c1c(Cl)ncnc1Cl)c1ccc(N2CCN(CC(=O)O)C2=O)c(Cl)c1. The van der Waals surface area contributed by atoms with E-state index in [0.29, 0.717) is 11.4 Å². The first-order chi connectivity index (χ1) is 17.6. The Morgan fingerprint density at radius 3 is 2.32 bits per heavy atom. The Hall–Kier alpha value is -2.44. The van der Waals surface area contributed by atoms with E-state index in [9.17, 15) is 14.4 Å². The van der Waals surface area contributed by atoms with Crippen molar-refractivity contribution in [3.63, 3.8) is 0 Å². The van der Waals surface area contributed by atoms with Crippen LogP contribution in [0.3, 0.4) is 0 Å². The van der Waals surface area contributed by atoms with Gasteiger partial charge < -0.3 is 19.3 Å². The van der Waals surface area contributed by atoms with Gasteiger partial charge in [0.15, 0.2) is 8.32 Å². The Morgan fingerprint density at radius 2 is 1.76 bits per heavy atom. The minimum atomic E-state index is -2.10. The van der Waals surface area contributed by atoms with Crippen LogP contribution in [0.5, 0.6) is 0 Å². The van der Waals surface area contributed by atoms with Crippen LogP contribution in [0.1, 0.15) is 31.1 Å². The number of hydrogen-bond donors (Lipinski definition) is 1. The Labute approximate surface area is 237 Å². The summed E-state index contributed by atoms with van der Waals surface area (Å²) in [6.45, 7) is 11.1. The summed E-state index contributed by atoms with van der Waals surface area (Å²) in [5.74, 6) is -1.63. The summed E-state index contributed by atoms with van der Waals surface area (Å²) in [5.41, 5.74) is 0.771. The summed E-state index contributed by atoms with van der Waals surface area (Å²) in [6, 6.07) is 4.35. The number of nitrogens with zero attached hydrogens (tertiary/aromatic N) is 5. The molecule has 1 saturated heterocycles. The number of anilines is 2. The number of carboxylic acids is 1. The first-order valence-corrected chi connectivity index (χ1v) is 15.9. The van der Waals surface area contributed by atoms with Crippen molar-refractivity contribution in [3.05, 3.63) is 45.4 Å². The molecule has 2 heterocycles. The molecule has 0 aliphatic carbocycles. The van der Waals surface area contributed by atoms with Crippen LogP contribution < -0.4 is 9.80 Å². The maximum Gasteiger partial charge on any atom is 0.325 e. The van der Waals surface area contributed by atoms with Gasteiger partial charge in [0.25, 0.3) is 5.91 Å². The minimum absolute atomic E-state index is 0.0243. The van der Waals surface area contributed by atoms with Crippen molar-refractivity contribution in [2.75, 3.05) is 42.6 Å². The second kappa shape index (κ2) is 11.7. The van der Waals surface area contributed by atoms with Crippen LogP contribution in [0.25, 0.3) is 0 Å². The lowest BCUT2D eigenvalue weighted by molar-refractivity contribution is -0.137. The largest absolute Gasteiger partial charge is 0.480 e. The second-order valence-electron chi connectivity index (χ2n) is 10.3. The third-order valence-electron chi connectivity index (χ3n) is 6.75. The molecular weight excluding hydrogens is 573 g/mol. The average molecular weight is 603 g/mol. The Bertz CT molecular complexity index is 1220. The molecule has 0 unspecified atom stereocenters. The van der Waals surface area contributed by atoms with Gasteiger partial charge >= 0.3 is 12.0 Å². The number of hydrogen-bond acceptors (Lipinski definition) is 6. The number of rotatable bonds is 9. The number of carboxylic acid groups (broad SMARTS) is 1. The minimum Gasteiger partial charge on any atom is -0.480 e. The van der Waals surface area contributed by atoms with E-state index in [2.05, 4.69) is 43.8 Å². The first-order valence-electron chi connectivity index (χ1n) is 11.8. The lowest BCUT2D eigenvalue weighted by Crippen LogP contribution is -2.43. The van der Waals surface area contributed by atoms with Crippen LogP contribution in [0.15, 0.2) is 24.5 Å². The standard InChI is InChI=1S/C24H30Cl3N5O5Si/c1-24(2,3)38(4,5)37-11-10-31(22(35)19-20(26)28-14-29-21(19)27)15-6-7-17(16(25)12-15)32-9-8-30(23(32)36)13-18(33)34/h6-7,12,14H,8-11,13H2,1-5H3,(H,33,34). The molecule has 0 saturated carbocycles. The van der Waals surface area contributed by atoms with Crippen LogP contribution in [-0.2, 0) is 9.22 Å². The molecule has 38 heavy (non-hydrogen) atoms. The Morgan fingerprint density at radius 1 is 1.13 bits per heavy atom. The zero-order chi connectivity index (χ0) is 28.4. The van der Waals surface area contributed by atoms with Gasteiger partial charge in [0.05, 0.1) is 17.3 Å². The molecule has 1 aromatic heterocycles. The molecule has 1 aromatic carbocycles. The number of carbonyl (C=O) groups is 3. The van der Waals surface area contributed by atoms with E-state index in [-0.39, 0.29) is 52.2 Å². The van der Waals surface area contributed by atoms with Gasteiger partial charge in [0.1, 0.15) is 28.7 Å². The lowest BCUT2D eigenvalue weighted by Gasteiger charge is -2.37. The van der Waals surface area contributed by atoms with E-state index in [1.807, 2.05) is 0 Å². The zero-order valence-electron chi connectivity index (χ0n) is 21.8. The quantitative estimate of drug-likeness (QED) is 0.300. The van der Waals surface area contributed by atoms with Crippen LogP contribution >= 0.6 is 34.8 Å². The molecule has 3 amide bonds. The van der Waals surface area contributed by atoms with Crippen LogP contribution in [0.2, 0.25) is 33.5 Å². The topological polar surface area (TPSA) is 116 Å². The third-order valence-corrected chi connectivity index (χ3v) is 12.2. The molecule has 0 spiro atoms. The highest BCUT2D eigenvalue weighted by Gasteiger charge is 2.37. The third kappa shape index (κ3) is 6.57. The van der Waals surface area contributed by atoms with E-state index in [1.54, 1.807) is 18.2 Å². The number of halogens is 3. The van der Waals surface area contributed by atoms with E-state index >= 15 is 0 Å². The molecule has 0 bridgehead atoms. The average Bonchev–Trinajstić information content (AvgIpc) is 3.15. The fourth-order valence-electron chi connectivity index (χ4n) is 3.61. The maximum absolute atomic E-state index is 13.7. The summed E-state index contributed by atoms with van der Waals surface area (Å²) >= 11 is 19.0. The van der Waals surface area contributed by atoms with Crippen molar-refractivity contribution >= 4 is 72.4 Å². The lowest BCUT2D eigenvalue weighted by atomic mass is 10.2. The summed E-state index contributed by atoms with van der Waals surface area (Å²) < 4.78 is 6.29. The smallest absolute Gasteiger partial charge is 0.325 e. The predicted molar refractivity (Wildman–Crippen MR) is 150 cm³/mol. The molecule has 0 atom stereocenters. The molecule has 1 N–H and O–H groups in total. The van der Waals surface area contributed by atoms with Crippen molar-refractivity contribution in [3.8, 4) is 0 Å².